The second kappa shape index (κ2) is 10.4. The molecule has 0 saturated heterocycles. The Morgan fingerprint density at radius 1 is 1.03 bits per heavy atom. The lowest BCUT2D eigenvalue weighted by Crippen LogP contribution is -2.32. The summed E-state index contributed by atoms with van der Waals surface area (Å²) in [6.07, 6.45) is 2.45. The van der Waals surface area contributed by atoms with Crippen LogP contribution in [0.15, 0.2) is 83.7 Å². The summed E-state index contributed by atoms with van der Waals surface area (Å²) >= 11 is 0. The fourth-order valence-corrected chi connectivity index (χ4v) is 3.79. The van der Waals surface area contributed by atoms with E-state index >= 15 is 0 Å². The van der Waals surface area contributed by atoms with Crippen molar-refractivity contribution in [1.29, 1.82) is 0 Å². The first-order chi connectivity index (χ1) is 18.0. The minimum absolute atomic E-state index is 0.0461. The van der Waals surface area contributed by atoms with Gasteiger partial charge < -0.3 is 14.9 Å². The summed E-state index contributed by atoms with van der Waals surface area (Å²) in [4.78, 5) is 20.1. The number of aliphatic carboxylic acids is 1. The Hall–Kier alpha value is -4.93. The monoisotopic (exact) mass is 502 g/mol. The van der Waals surface area contributed by atoms with Gasteiger partial charge in [-0.05, 0) is 17.7 Å². The van der Waals surface area contributed by atoms with E-state index in [-0.39, 0.29) is 30.3 Å². The molecule has 3 aromatic heterocycles. The molecular weight excluding hydrogens is 482 g/mol. The van der Waals surface area contributed by atoms with Gasteiger partial charge in [0.1, 0.15) is 29.5 Å². The van der Waals surface area contributed by atoms with E-state index in [1.54, 1.807) is 54.6 Å². The third-order valence-corrected chi connectivity index (χ3v) is 5.62. The van der Waals surface area contributed by atoms with Gasteiger partial charge in [-0.1, -0.05) is 53.7 Å². The molecule has 186 valence electrons. The number of hydrogen-bond donors (Lipinski definition) is 2. The van der Waals surface area contributed by atoms with Crippen LogP contribution in [-0.4, -0.2) is 42.0 Å². The van der Waals surface area contributed by atoms with Crippen LogP contribution in [0.4, 0.5) is 14.6 Å². The highest BCUT2D eigenvalue weighted by molar-refractivity contribution is 5.77. The van der Waals surface area contributed by atoms with Crippen LogP contribution in [-0.2, 0) is 17.8 Å². The third kappa shape index (κ3) is 5.35. The molecule has 0 aliphatic rings. The van der Waals surface area contributed by atoms with Gasteiger partial charge in [0.25, 0.3) is 0 Å². The maximum Gasteiger partial charge on any atom is 0.326 e. The number of aromatic nitrogens is 5. The Kier molecular flexibility index (Phi) is 6.66. The van der Waals surface area contributed by atoms with Crippen LogP contribution in [0.1, 0.15) is 11.1 Å². The van der Waals surface area contributed by atoms with Gasteiger partial charge >= 0.3 is 5.97 Å². The molecule has 1 atom stereocenters. The summed E-state index contributed by atoms with van der Waals surface area (Å²) in [5.41, 5.74) is 2.37. The van der Waals surface area contributed by atoms with Crippen LogP contribution < -0.4 is 5.32 Å². The lowest BCUT2D eigenvalue weighted by molar-refractivity contribution is -0.137. The summed E-state index contributed by atoms with van der Waals surface area (Å²) in [6, 6.07) is 17.4. The standard InChI is InChI=1S/C26H20F2N6O3/c27-18-9-5-4-8-17(18)15-34-23(20-10-11-37-33-20)13-21(32-34)25-29-14-19(28)24(31-25)30-22(26(35)36)12-16-6-2-1-3-7-16/h1-11,13-14,22H,12,15H2,(H,35,36)(H,29,30,31)/t22-/m1/s1. The SMILES string of the molecule is O=C(O)[C@@H](Cc1ccccc1)Nc1nc(-c2cc(-c3ccon3)n(Cc3ccccc3F)n2)ncc1F. The molecule has 3 heterocycles. The zero-order chi connectivity index (χ0) is 25.8. The molecule has 5 aromatic rings. The number of nitrogens with one attached hydrogen (secondary N) is 1. The maximum atomic E-state index is 14.6. The van der Waals surface area contributed by atoms with E-state index < -0.39 is 23.6 Å². The first kappa shape index (κ1) is 23.8. The summed E-state index contributed by atoms with van der Waals surface area (Å²) in [5.74, 6) is -2.60. The highest BCUT2D eigenvalue weighted by Gasteiger charge is 2.22. The molecule has 0 radical (unpaired) electrons. The van der Waals surface area contributed by atoms with Crippen molar-refractivity contribution in [3.63, 3.8) is 0 Å². The fourth-order valence-electron chi connectivity index (χ4n) is 3.79. The van der Waals surface area contributed by atoms with Crippen molar-refractivity contribution in [3.8, 4) is 22.9 Å². The van der Waals surface area contributed by atoms with Crippen molar-refractivity contribution in [1.82, 2.24) is 24.9 Å². The predicted octanol–water partition coefficient (Wildman–Crippen LogP) is 4.43. The number of halogens is 2. The van der Waals surface area contributed by atoms with E-state index in [0.717, 1.165) is 11.8 Å². The maximum absolute atomic E-state index is 14.6. The van der Waals surface area contributed by atoms with Crippen molar-refractivity contribution in [2.75, 3.05) is 5.32 Å². The number of nitrogens with zero attached hydrogens (tertiary/aromatic N) is 5. The van der Waals surface area contributed by atoms with Gasteiger partial charge in [0, 0.05) is 18.1 Å². The molecule has 5 rings (SSSR count). The van der Waals surface area contributed by atoms with Crippen LogP contribution in [0.3, 0.4) is 0 Å². The number of benzene rings is 2. The van der Waals surface area contributed by atoms with E-state index in [1.165, 1.54) is 17.0 Å². The summed E-state index contributed by atoms with van der Waals surface area (Å²) in [6.45, 7) is 0.0827. The van der Waals surface area contributed by atoms with E-state index in [4.69, 9.17) is 4.52 Å². The zero-order valence-electron chi connectivity index (χ0n) is 19.3. The van der Waals surface area contributed by atoms with Crippen molar-refractivity contribution in [3.05, 3.63) is 102 Å². The van der Waals surface area contributed by atoms with Crippen molar-refractivity contribution in [2.24, 2.45) is 0 Å². The second-order valence-electron chi connectivity index (χ2n) is 8.16. The first-order valence-corrected chi connectivity index (χ1v) is 11.3. The molecule has 37 heavy (non-hydrogen) atoms. The minimum Gasteiger partial charge on any atom is -0.480 e. The van der Waals surface area contributed by atoms with Crippen molar-refractivity contribution < 1.29 is 23.2 Å². The molecule has 0 spiro atoms. The molecule has 0 bridgehead atoms. The lowest BCUT2D eigenvalue weighted by Gasteiger charge is -2.16. The molecule has 0 unspecified atom stereocenters. The molecular formula is C26H20F2N6O3. The van der Waals surface area contributed by atoms with Gasteiger partial charge in [-0.15, -0.1) is 0 Å². The van der Waals surface area contributed by atoms with E-state index in [0.29, 0.717) is 17.0 Å². The molecule has 0 aliphatic carbocycles. The smallest absolute Gasteiger partial charge is 0.326 e. The van der Waals surface area contributed by atoms with Crippen LogP contribution in [0.25, 0.3) is 22.9 Å². The van der Waals surface area contributed by atoms with Gasteiger partial charge in [0.15, 0.2) is 17.5 Å². The fraction of sp³-hybridized carbons (Fsp3) is 0.115. The molecule has 2 aromatic carbocycles. The Labute approximate surface area is 209 Å². The molecule has 0 fully saturated rings. The van der Waals surface area contributed by atoms with Crippen LogP contribution in [0, 0.1) is 11.6 Å². The largest absolute Gasteiger partial charge is 0.480 e. The van der Waals surface area contributed by atoms with Crippen LogP contribution in [0.5, 0.6) is 0 Å². The second-order valence-corrected chi connectivity index (χ2v) is 8.16. The van der Waals surface area contributed by atoms with Crippen molar-refractivity contribution >= 4 is 11.8 Å². The predicted molar refractivity (Wildman–Crippen MR) is 129 cm³/mol. The Morgan fingerprint density at radius 2 is 1.81 bits per heavy atom. The number of carboxylic acids is 1. The van der Waals surface area contributed by atoms with Crippen LogP contribution >= 0.6 is 0 Å². The highest BCUT2D eigenvalue weighted by Crippen LogP contribution is 2.26. The highest BCUT2D eigenvalue weighted by atomic mass is 19.1. The quantitative estimate of drug-likeness (QED) is 0.304. The zero-order valence-corrected chi connectivity index (χ0v) is 19.3. The third-order valence-electron chi connectivity index (χ3n) is 5.62. The van der Waals surface area contributed by atoms with E-state index in [1.807, 2.05) is 6.07 Å². The van der Waals surface area contributed by atoms with E-state index in [9.17, 15) is 18.7 Å². The lowest BCUT2D eigenvalue weighted by atomic mass is 10.1. The van der Waals surface area contributed by atoms with Crippen molar-refractivity contribution in [2.45, 2.75) is 19.0 Å². The topological polar surface area (TPSA) is 119 Å². The van der Waals surface area contributed by atoms with Gasteiger partial charge in [-0.3, -0.25) is 4.68 Å². The molecule has 0 amide bonds. The van der Waals surface area contributed by atoms with Gasteiger partial charge in [0.05, 0.1) is 18.4 Å². The number of rotatable bonds is 9. The molecule has 2 N–H and O–H groups in total. The molecule has 11 heteroatoms. The number of carboxylic acid groups (broad SMARTS) is 1. The van der Waals surface area contributed by atoms with Gasteiger partial charge in [-0.25, -0.2) is 23.5 Å². The summed E-state index contributed by atoms with van der Waals surface area (Å²) in [7, 11) is 0. The number of carbonyl (C=O) groups is 1. The van der Waals surface area contributed by atoms with Crippen LogP contribution in [0.2, 0.25) is 0 Å². The normalized spacial score (nSPS) is 11.8. The average Bonchev–Trinajstić information content (AvgIpc) is 3.57. The molecule has 0 aliphatic heterocycles. The Balaban J connectivity index is 1.48. The minimum atomic E-state index is -1.16. The van der Waals surface area contributed by atoms with Gasteiger partial charge in [0.2, 0.25) is 0 Å². The average molecular weight is 502 g/mol. The first-order valence-electron chi connectivity index (χ1n) is 11.3. The summed E-state index contributed by atoms with van der Waals surface area (Å²) in [5, 5.41) is 20.8. The Bertz CT molecular complexity index is 1520. The summed E-state index contributed by atoms with van der Waals surface area (Å²) < 4.78 is 35.4. The van der Waals surface area contributed by atoms with E-state index in [2.05, 4.69) is 25.5 Å². The Morgan fingerprint density at radius 3 is 2.54 bits per heavy atom. The molecule has 0 saturated carbocycles. The number of hydrogen-bond acceptors (Lipinski definition) is 7. The number of anilines is 1. The molecule has 9 nitrogen and oxygen atoms in total. The van der Waals surface area contributed by atoms with Gasteiger partial charge in [-0.2, -0.15) is 5.10 Å².